The molecule has 2 aliphatic heterocycles. The van der Waals surface area contributed by atoms with Crippen LogP contribution in [-0.4, -0.2) is 51.8 Å². The van der Waals surface area contributed by atoms with Gasteiger partial charge in [0.25, 0.3) is 0 Å². The Morgan fingerprint density at radius 1 is 1.00 bits per heavy atom. The zero-order valence-corrected chi connectivity index (χ0v) is 27.5. The van der Waals surface area contributed by atoms with E-state index in [1.807, 2.05) is 31.3 Å². The molecular formula is C29H46N2O6Si2. The van der Waals surface area contributed by atoms with Gasteiger partial charge in [-0.2, -0.15) is 4.98 Å². The van der Waals surface area contributed by atoms with Crippen molar-refractivity contribution in [1.82, 2.24) is 9.55 Å². The van der Waals surface area contributed by atoms with Crippen LogP contribution in [0.15, 0.2) is 29.2 Å². The summed E-state index contributed by atoms with van der Waals surface area (Å²) < 4.78 is 32.6. The van der Waals surface area contributed by atoms with Gasteiger partial charge in [-0.3, -0.25) is 4.57 Å². The minimum Gasteiger partial charge on any atom is -0.454 e. The maximum absolute atomic E-state index is 13.4. The van der Waals surface area contributed by atoms with Gasteiger partial charge in [0.05, 0.1) is 18.4 Å². The number of hydrogen-bond acceptors (Lipinski definition) is 7. The van der Waals surface area contributed by atoms with Crippen LogP contribution in [0.25, 0.3) is 11.3 Å². The first-order valence-corrected chi connectivity index (χ1v) is 19.7. The number of nitrogens with zero attached hydrogens (tertiary/aromatic N) is 2. The summed E-state index contributed by atoms with van der Waals surface area (Å²) >= 11 is 0. The molecule has 0 amide bonds. The molecule has 0 spiro atoms. The van der Waals surface area contributed by atoms with E-state index < -0.39 is 22.9 Å². The third-order valence-electron chi connectivity index (χ3n) is 8.94. The molecule has 1 fully saturated rings. The second kappa shape index (κ2) is 10.4. The number of aryl methyl sites for hydroxylation is 1. The molecule has 39 heavy (non-hydrogen) atoms. The lowest BCUT2D eigenvalue weighted by Crippen LogP contribution is -2.48. The molecule has 4 rings (SSSR count). The van der Waals surface area contributed by atoms with Crippen LogP contribution in [0.3, 0.4) is 0 Å². The first kappa shape index (κ1) is 30.0. The van der Waals surface area contributed by atoms with Gasteiger partial charge in [-0.1, -0.05) is 41.5 Å². The van der Waals surface area contributed by atoms with Crippen molar-refractivity contribution in [3.05, 3.63) is 40.4 Å². The summed E-state index contributed by atoms with van der Waals surface area (Å²) in [5, 5.41) is 0.139. The summed E-state index contributed by atoms with van der Waals surface area (Å²) in [7, 11) is -4.08. The Bertz CT molecular complexity index is 1260. The zero-order chi connectivity index (χ0) is 29.0. The molecule has 1 aromatic carbocycles. The minimum atomic E-state index is -2.09. The molecule has 0 N–H and O–H groups in total. The van der Waals surface area contributed by atoms with Gasteiger partial charge in [0.15, 0.2) is 28.1 Å². The molecule has 0 unspecified atom stereocenters. The van der Waals surface area contributed by atoms with Crippen LogP contribution in [0.4, 0.5) is 0 Å². The van der Waals surface area contributed by atoms with Crippen LogP contribution < -0.4 is 15.2 Å². The highest BCUT2D eigenvalue weighted by Crippen LogP contribution is 2.42. The third-order valence-corrected chi connectivity index (χ3v) is 17.9. The van der Waals surface area contributed by atoms with Gasteiger partial charge in [-0.15, -0.1) is 0 Å². The highest BCUT2D eigenvalue weighted by molar-refractivity contribution is 6.74. The second-order valence-corrected chi connectivity index (χ2v) is 23.4. The van der Waals surface area contributed by atoms with Gasteiger partial charge >= 0.3 is 5.69 Å². The molecule has 8 nitrogen and oxygen atoms in total. The predicted octanol–water partition coefficient (Wildman–Crippen LogP) is 6.65. The molecule has 3 atom stereocenters. The van der Waals surface area contributed by atoms with Gasteiger partial charge in [0, 0.05) is 18.2 Å². The molecule has 0 aliphatic carbocycles. The van der Waals surface area contributed by atoms with Gasteiger partial charge in [-0.25, -0.2) is 4.79 Å². The summed E-state index contributed by atoms with van der Waals surface area (Å²) in [4.78, 5) is 17.8. The topological polar surface area (TPSA) is 81.0 Å². The second-order valence-electron chi connectivity index (χ2n) is 13.9. The predicted molar refractivity (Wildman–Crippen MR) is 159 cm³/mol. The van der Waals surface area contributed by atoms with Crippen molar-refractivity contribution in [2.75, 3.05) is 13.4 Å². The van der Waals surface area contributed by atoms with E-state index in [2.05, 4.69) is 72.7 Å². The smallest absolute Gasteiger partial charge is 0.350 e. The largest absolute Gasteiger partial charge is 0.454 e. The first-order chi connectivity index (χ1) is 17.9. The van der Waals surface area contributed by atoms with E-state index >= 15 is 0 Å². The van der Waals surface area contributed by atoms with Crippen LogP contribution in [0.2, 0.25) is 36.3 Å². The average molecular weight is 575 g/mol. The number of aromatic nitrogens is 2. The van der Waals surface area contributed by atoms with Crippen LogP contribution in [-0.2, 0) is 13.6 Å². The fourth-order valence-corrected chi connectivity index (χ4v) is 6.69. The summed E-state index contributed by atoms with van der Waals surface area (Å²) in [6.07, 6.45) is 1.51. The van der Waals surface area contributed by atoms with Gasteiger partial charge in [0.1, 0.15) is 12.3 Å². The Morgan fingerprint density at radius 3 is 2.28 bits per heavy atom. The maximum Gasteiger partial charge on any atom is 0.350 e. The summed E-state index contributed by atoms with van der Waals surface area (Å²) in [5.41, 5.74) is 1.96. The summed E-state index contributed by atoms with van der Waals surface area (Å²) in [5.74, 6) is 1.36. The highest BCUT2D eigenvalue weighted by Gasteiger charge is 2.46. The molecule has 2 aliphatic rings. The molecule has 0 saturated carbocycles. The standard InChI is InChI=1S/C29H46N2O6Si2/c1-19-16-31(27(32)30-26(19)20-12-13-21-22(14-20)34-18-33-21)25-15-23(37-39(10,11)29(5,6)7)24(36-25)17-35-38(8,9)28(2,3)4/h12-14,16,23-25H,15,17-18H2,1-11H3/t23-,24+,25+/m0/s1. The van der Waals surface area contributed by atoms with E-state index in [0.717, 1.165) is 11.1 Å². The molecule has 3 heterocycles. The van der Waals surface area contributed by atoms with E-state index in [1.54, 1.807) is 4.57 Å². The zero-order valence-electron chi connectivity index (χ0n) is 25.5. The van der Waals surface area contributed by atoms with Crippen molar-refractivity contribution in [2.45, 2.75) is 110 Å². The van der Waals surface area contributed by atoms with E-state index in [1.165, 1.54) is 0 Å². The fraction of sp³-hybridized carbons (Fsp3) is 0.655. The van der Waals surface area contributed by atoms with Gasteiger partial charge < -0.3 is 23.1 Å². The average Bonchev–Trinajstić information content (AvgIpc) is 3.43. The summed E-state index contributed by atoms with van der Waals surface area (Å²) in [6, 6.07) is 5.61. The first-order valence-electron chi connectivity index (χ1n) is 13.9. The molecule has 2 aromatic rings. The van der Waals surface area contributed by atoms with Crippen LogP contribution in [0.1, 0.15) is 59.8 Å². The van der Waals surface area contributed by atoms with Crippen molar-refractivity contribution in [3.8, 4) is 22.8 Å². The monoisotopic (exact) mass is 574 g/mol. The summed E-state index contributed by atoms with van der Waals surface area (Å²) in [6.45, 7) is 25.0. The number of fused-ring (bicyclic) bond motifs is 1. The van der Waals surface area contributed by atoms with E-state index in [4.69, 9.17) is 23.1 Å². The SMILES string of the molecule is Cc1cn([C@H]2C[C@H](O[Si](C)(C)C(C)(C)C)[C@@H](CO[Si](C)(C)C(C)(C)C)O2)c(=O)nc1-c1ccc2c(c1)OCO2. The maximum atomic E-state index is 13.4. The molecule has 10 heteroatoms. The van der Waals surface area contributed by atoms with Crippen molar-refractivity contribution in [3.63, 3.8) is 0 Å². The Hall–Kier alpha value is -1.99. The molecule has 0 bridgehead atoms. The normalized spacial score (nSPS) is 22.0. The Labute approximate surface area is 235 Å². The molecule has 0 radical (unpaired) electrons. The molecule has 1 aromatic heterocycles. The third kappa shape index (κ3) is 6.19. The van der Waals surface area contributed by atoms with E-state index in [0.29, 0.717) is 30.2 Å². The van der Waals surface area contributed by atoms with Crippen molar-refractivity contribution < 1.29 is 23.1 Å². The van der Waals surface area contributed by atoms with Crippen molar-refractivity contribution >= 4 is 16.6 Å². The number of benzene rings is 1. The number of hydrogen-bond donors (Lipinski definition) is 0. The Morgan fingerprint density at radius 2 is 1.64 bits per heavy atom. The lowest BCUT2D eigenvalue weighted by Gasteiger charge is -2.40. The Kier molecular flexibility index (Phi) is 8.03. The van der Waals surface area contributed by atoms with Crippen molar-refractivity contribution in [2.24, 2.45) is 0 Å². The molecule has 1 saturated heterocycles. The molecular weight excluding hydrogens is 528 g/mol. The number of rotatable bonds is 7. The minimum absolute atomic E-state index is 0.0527. The lowest BCUT2D eigenvalue weighted by molar-refractivity contribution is -0.0412. The van der Waals surface area contributed by atoms with E-state index in [9.17, 15) is 4.79 Å². The van der Waals surface area contributed by atoms with Crippen LogP contribution in [0, 0.1) is 6.92 Å². The molecule has 216 valence electrons. The van der Waals surface area contributed by atoms with Crippen molar-refractivity contribution in [1.29, 1.82) is 0 Å². The quantitative estimate of drug-likeness (QED) is 0.343. The van der Waals surface area contributed by atoms with Crippen LogP contribution >= 0.6 is 0 Å². The highest BCUT2D eigenvalue weighted by atomic mass is 28.4. The van der Waals surface area contributed by atoms with Crippen LogP contribution in [0.5, 0.6) is 11.5 Å². The lowest BCUT2D eigenvalue weighted by atomic mass is 10.1. The van der Waals surface area contributed by atoms with Gasteiger partial charge in [0.2, 0.25) is 6.79 Å². The van der Waals surface area contributed by atoms with E-state index in [-0.39, 0.29) is 34.8 Å². The van der Waals surface area contributed by atoms with Gasteiger partial charge in [-0.05, 0) is 67.0 Å². The fourth-order valence-electron chi connectivity index (χ4n) is 4.32. The number of ether oxygens (including phenoxy) is 3. The Balaban J connectivity index is 1.61.